The van der Waals surface area contributed by atoms with Crippen LogP contribution in [-0.4, -0.2) is 17.4 Å². The first-order chi connectivity index (χ1) is 7.79. The molecule has 0 radical (unpaired) electrons. The molecule has 4 heteroatoms. The van der Waals surface area contributed by atoms with Gasteiger partial charge in [-0.1, -0.05) is 12.1 Å². The molecule has 0 saturated heterocycles. The summed E-state index contributed by atoms with van der Waals surface area (Å²) in [5.41, 5.74) is 2.60. The van der Waals surface area contributed by atoms with Gasteiger partial charge in [-0.25, -0.2) is 0 Å². The topological polar surface area (TPSA) is 29.1 Å². The van der Waals surface area contributed by atoms with Gasteiger partial charge in [0.15, 0.2) is 0 Å². The highest BCUT2D eigenvalue weighted by Gasteiger charge is 2.10. The van der Waals surface area contributed by atoms with Crippen LogP contribution in [-0.2, 0) is 17.8 Å². The number of thiol groups is 1. The normalized spacial score (nSPS) is 14.3. The highest BCUT2D eigenvalue weighted by atomic mass is 32.2. The van der Waals surface area contributed by atoms with Crippen LogP contribution < -0.4 is 5.32 Å². The maximum Gasteiger partial charge on any atom is 0.229 e. The number of thioether (sulfide) groups is 1. The first kappa shape index (κ1) is 11.9. The summed E-state index contributed by atoms with van der Waals surface area (Å²) in [6.45, 7) is 0.608. The Morgan fingerprint density at radius 1 is 1.50 bits per heavy atom. The summed E-state index contributed by atoms with van der Waals surface area (Å²) in [7, 11) is 0. The second-order valence-corrected chi connectivity index (χ2v) is 5.28. The molecule has 0 aliphatic carbocycles. The SMILES string of the molecule is O=C(CS)NCc1ccc2c(c1)CCCS2. The fraction of sp³-hybridized carbons (Fsp3) is 0.417. The van der Waals surface area contributed by atoms with Crippen molar-refractivity contribution < 1.29 is 4.79 Å². The molecule has 1 heterocycles. The summed E-state index contributed by atoms with van der Waals surface area (Å²) in [4.78, 5) is 12.5. The number of benzene rings is 1. The molecule has 1 aromatic rings. The van der Waals surface area contributed by atoms with Gasteiger partial charge in [0.25, 0.3) is 0 Å². The van der Waals surface area contributed by atoms with Crippen molar-refractivity contribution in [2.75, 3.05) is 11.5 Å². The number of amides is 1. The van der Waals surface area contributed by atoms with E-state index in [2.05, 4.69) is 36.1 Å². The Morgan fingerprint density at radius 3 is 3.19 bits per heavy atom. The molecule has 0 bridgehead atoms. The Labute approximate surface area is 106 Å². The van der Waals surface area contributed by atoms with E-state index in [1.165, 1.54) is 28.2 Å². The first-order valence-corrected chi connectivity index (χ1v) is 7.03. The number of nitrogens with one attached hydrogen (secondary N) is 1. The minimum atomic E-state index is -0.0181. The minimum absolute atomic E-state index is 0.0181. The van der Waals surface area contributed by atoms with Crippen LogP contribution in [0.2, 0.25) is 0 Å². The summed E-state index contributed by atoms with van der Waals surface area (Å²) in [6.07, 6.45) is 2.42. The standard InChI is InChI=1S/C12H15NOS2/c14-12(8-15)13-7-9-3-4-11-10(6-9)2-1-5-16-11/h3-4,6,15H,1-2,5,7-8H2,(H,13,14). The zero-order valence-corrected chi connectivity index (χ0v) is 10.7. The molecule has 1 amide bonds. The third-order valence-electron chi connectivity index (χ3n) is 2.61. The molecule has 1 aliphatic heterocycles. The van der Waals surface area contributed by atoms with E-state index < -0.39 is 0 Å². The van der Waals surface area contributed by atoms with E-state index in [1.54, 1.807) is 0 Å². The molecular formula is C12H15NOS2. The van der Waals surface area contributed by atoms with E-state index >= 15 is 0 Å². The Morgan fingerprint density at radius 2 is 2.38 bits per heavy atom. The lowest BCUT2D eigenvalue weighted by Crippen LogP contribution is -2.23. The van der Waals surface area contributed by atoms with Crippen LogP contribution in [0.25, 0.3) is 0 Å². The van der Waals surface area contributed by atoms with Gasteiger partial charge >= 0.3 is 0 Å². The van der Waals surface area contributed by atoms with Crippen LogP contribution in [0, 0.1) is 0 Å². The third kappa shape index (κ3) is 2.95. The molecule has 0 unspecified atom stereocenters. The average Bonchev–Trinajstić information content (AvgIpc) is 2.35. The maximum atomic E-state index is 11.1. The molecule has 2 nitrogen and oxygen atoms in total. The number of hydrogen-bond acceptors (Lipinski definition) is 3. The summed E-state index contributed by atoms with van der Waals surface area (Å²) < 4.78 is 0. The first-order valence-electron chi connectivity index (χ1n) is 5.42. The number of aryl methyl sites for hydroxylation is 1. The van der Waals surface area contributed by atoms with Gasteiger partial charge in [0.1, 0.15) is 0 Å². The van der Waals surface area contributed by atoms with Gasteiger partial charge in [-0.3, -0.25) is 4.79 Å². The highest BCUT2D eigenvalue weighted by molar-refractivity contribution is 7.99. The molecule has 0 spiro atoms. The van der Waals surface area contributed by atoms with Crippen molar-refractivity contribution in [3.05, 3.63) is 29.3 Å². The van der Waals surface area contributed by atoms with E-state index in [-0.39, 0.29) is 11.7 Å². The second kappa shape index (κ2) is 5.64. The smallest absolute Gasteiger partial charge is 0.229 e. The molecule has 1 aromatic carbocycles. The number of carbonyl (C=O) groups excluding carboxylic acids is 1. The van der Waals surface area contributed by atoms with E-state index in [0.29, 0.717) is 6.54 Å². The lowest BCUT2D eigenvalue weighted by Gasteiger charge is -2.16. The van der Waals surface area contributed by atoms with Gasteiger partial charge in [-0.15, -0.1) is 11.8 Å². The summed E-state index contributed by atoms with van der Waals surface area (Å²) in [5, 5.41) is 2.83. The van der Waals surface area contributed by atoms with E-state index in [1.807, 2.05) is 11.8 Å². The Bertz CT molecular complexity index is 393. The Hall–Kier alpha value is -0.610. The molecule has 0 saturated carbocycles. The molecule has 0 atom stereocenters. The zero-order valence-electron chi connectivity index (χ0n) is 9.03. The summed E-state index contributed by atoms with van der Waals surface area (Å²) in [5.74, 6) is 1.46. The molecule has 86 valence electrons. The molecule has 0 fully saturated rings. The summed E-state index contributed by atoms with van der Waals surface area (Å²) >= 11 is 5.85. The minimum Gasteiger partial charge on any atom is -0.351 e. The number of rotatable bonds is 3. The van der Waals surface area contributed by atoms with E-state index in [4.69, 9.17) is 0 Å². The third-order valence-corrected chi connectivity index (χ3v) is 4.10. The number of fused-ring (bicyclic) bond motifs is 1. The van der Waals surface area contributed by atoms with Crippen molar-refractivity contribution >= 4 is 30.3 Å². The molecule has 2 rings (SSSR count). The fourth-order valence-electron chi connectivity index (χ4n) is 1.78. The summed E-state index contributed by atoms with van der Waals surface area (Å²) in [6, 6.07) is 6.47. The molecule has 1 N–H and O–H groups in total. The second-order valence-electron chi connectivity index (χ2n) is 3.83. The van der Waals surface area contributed by atoms with Gasteiger partial charge in [-0.2, -0.15) is 12.6 Å². The Balaban J connectivity index is 2.03. The van der Waals surface area contributed by atoms with Crippen LogP contribution in [0.15, 0.2) is 23.1 Å². The average molecular weight is 253 g/mol. The number of hydrogen-bond donors (Lipinski definition) is 2. The lowest BCUT2D eigenvalue weighted by atomic mass is 10.1. The maximum absolute atomic E-state index is 11.1. The van der Waals surface area contributed by atoms with Crippen LogP contribution in [0.3, 0.4) is 0 Å². The van der Waals surface area contributed by atoms with Crippen LogP contribution in [0.1, 0.15) is 17.5 Å². The van der Waals surface area contributed by atoms with E-state index in [9.17, 15) is 4.79 Å². The predicted molar refractivity (Wildman–Crippen MR) is 71.2 cm³/mol. The van der Waals surface area contributed by atoms with Gasteiger partial charge in [0.05, 0.1) is 5.75 Å². The van der Waals surface area contributed by atoms with Gasteiger partial charge in [-0.05, 0) is 35.8 Å². The van der Waals surface area contributed by atoms with Gasteiger partial charge in [0.2, 0.25) is 5.91 Å². The molecule has 1 aliphatic rings. The van der Waals surface area contributed by atoms with Gasteiger partial charge in [0, 0.05) is 11.4 Å². The van der Waals surface area contributed by atoms with Crippen LogP contribution >= 0.6 is 24.4 Å². The van der Waals surface area contributed by atoms with Crippen LogP contribution in [0.5, 0.6) is 0 Å². The molecule has 16 heavy (non-hydrogen) atoms. The van der Waals surface area contributed by atoms with Crippen molar-refractivity contribution in [1.29, 1.82) is 0 Å². The number of carbonyl (C=O) groups is 1. The van der Waals surface area contributed by atoms with Crippen molar-refractivity contribution in [3.63, 3.8) is 0 Å². The quantitative estimate of drug-likeness (QED) is 0.809. The predicted octanol–water partition coefficient (Wildman–Crippen LogP) is 2.27. The van der Waals surface area contributed by atoms with Crippen molar-refractivity contribution in [3.8, 4) is 0 Å². The van der Waals surface area contributed by atoms with Crippen LogP contribution in [0.4, 0.5) is 0 Å². The van der Waals surface area contributed by atoms with Crippen molar-refractivity contribution in [1.82, 2.24) is 5.32 Å². The Kier molecular flexibility index (Phi) is 4.18. The highest BCUT2D eigenvalue weighted by Crippen LogP contribution is 2.30. The fourth-order valence-corrected chi connectivity index (χ4v) is 2.91. The monoisotopic (exact) mass is 253 g/mol. The van der Waals surface area contributed by atoms with Gasteiger partial charge < -0.3 is 5.32 Å². The van der Waals surface area contributed by atoms with Crippen molar-refractivity contribution in [2.24, 2.45) is 0 Å². The zero-order chi connectivity index (χ0) is 11.4. The largest absolute Gasteiger partial charge is 0.351 e. The van der Waals surface area contributed by atoms with Crippen molar-refractivity contribution in [2.45, 2.75) is 24.3 Å². The molecule has 0 aromatic heterocycles. The molecular weight excluding hydrogens is 238 g/mol. The lowest BCUT2D eigenvalue weighted by molar-refractivity contribution is -0.118. The van der Waals surface area contributed by atoms with E-state index in [0.717, 1.165) is 6.42 Å².